The monoisotopic (exact) mass is 247 g/mol. The summed E-state index contributed by atoms with van der Waals surface area (Å²) in [6.45, 7) is 3.37. The number of piperidine rings is 1. The Hall–Kier alpha value is -1.35. The van der Waals surface area contributed by atoms with Gasteiger partial charge in [-0.2, -0.15) is 0 Å². The largest absolute Gasteiger partial charge is 0.463 e. The molecule has 2 fully saturated rings. The van der Waals surface area contributed by atoms with Gasteiger partial charge in [0.25, 0.3) is 6.47 Å². The van der Waals surface area contributed by atoms with Crippen LogP contribution in [-0.4, -0.2) is 19.6 Å². The molecule has 3 nitrogen and oxygen atoms in total. The average Bonchev–Trinajstić information content (AvgIpc) is 3.18. The third-order valence-corrected chi connectivity index (χ3v) is 3.78. The molecule has 0 bridgehead atoms. The molecule has 1 aliphatic heterocycles. The quantitative estimate of drug-likeness (QED) is 0.834. The highest BCUT2D eigenvalue weighted by atomic mass is 16.5. The van der Waals surface area contributed by atoms with Crippen LogP contribution in [0.3, 0.4) is 0 Å². The van der Waals surface area contributed by atoms with Gasteiger partial charge >= 0.3 is 0 Å². The predicted octanol–water partition coefficient (Wildman–Crippen LogP) is 2.51. The number of benzene rings is 1. The number of nitrogens with one attached hydrogen (secondary N) is 1. The van der Waals surface area contributed by atoms with E-state index in [0.29, 0.717) is 13.1 Å². The van der Waals surface area contributed by atoms with Gasteiger partial charge in [-0.05, 0) is 49.8 Å². The minimum atomic E-state index is 0.365. The number of ether oxygens (including phenoxy) is 1. The first kappa shape index (κ1) is 13.1. The zero-order valence-electron chi connectivity index (χ0n) is 10.7. The molecule has 1 saturated carbocycles. The van der Waals surface area contributed by atoms with Gasteiger partial charge in [0.15, 0.2) is 0 Å². The van der Waals surface area contributed by atoms with Gasteiger partial charge in [-0.1, -0.05) is 30.3 Å². The minimum absolute atomic E-state index is 0.365. The van der Waals surface area contributed by atoms with E-state index in [1.165, 1.54) is 38.8 Å². The summed E-state index contributed by atoms with van der Waals surface area (Å²) < 4.78 is 4.54. The van der Waals surface area contributed by atoms with E-state index in [-0.39, 0.29) is 0 Å². The molecule has 0 unspecified atom stereocenters. The molecule has 0 radical (unpaired) electrons. The first-order valence-electron chi connectivity index (χ1n) is 6.65. The van der Waals surface area contributed by atoms with Crippen LogP contribution in [0.15, 0.2) is 30.3 Å². The van der Waals surface area contributed by atoms with Gasteiger partial charge in [0.2, 0.25) is 0 Å². The summed E-state index contributed by atoms with van der Waals surface area (Å²) in [6, 6.07) is 9.55. The van der Waals surface area contributed by atoms with Crippen LogP contribution in [0.5, 0.6) is 0 Å². The highest BCUT2D eigenvalue weighted by Crippen LogP contribution is 2.52. The molecule has 98 valence electrons. The molecule has 3 heteroatoms. The third-order valence-electron chi connectivity index (χ3n) is 3.78. The molecule has 1 aliphatic carbocycles. The van der Waals surface area contributed by atoms with Crippen LogP contribution in [0, 0.1) is 5.41 Å². The summed E-state index contributed by atoms with van der Waals surface area (Å²) >= 11 is 0. The maximum absolute atomic E-state index is 9.76. The summed E-state index contributed by atoms with van der Waals surface area (Å²) in [6.07, 6.45) is 5.95. The highest BCUT2D eigenvalue weighted by Gasteiger charge is 2.42. The molecule has 1 saturated heterocycles. The van der Waals surface area contributed by atoms with Crippen LogP contribution in [0.2, 0.25) is 0 Å². The normalized spacial score (nSPS) is 19.6. The van der Waals surface area contributed by atoms with Crippen molar-refractivity contribution in [1.82, 2.24) is 5.32 Å². The number of hydrogen-bond donors (Lipinski definition) is 1. The Morgan fingerprint density at radius 2 is 1.78 bits per heavy atom. The maximum Gasteiger partial charge on any atom is 0.293 e. The molecule has 0 amide bonds. The van der Waals surface area contributed by atoms with Crippen molar-refractivity contribution in [1.29, 1.82) is 0 Å². The van der Waals surface area contributed by atoms with Crippen molar-refractivity contribution in [2.75, 3.05) is 13.1 Å². The Labute approximate surface area is 109 Å². The number of rotatable bonds is 3. The molecule has 0 aromatic heterocycles. The molecule has 1 aromatic rings. The summed E-state index contributed by atoms with van der Waals surface area (Å²) in [4.78, 5) is 9.76. The average molecular weight is 247 g/mol. The van der Waals surface area contributed by atoms with Gasteiger partial charge in [-0.25, -0.2) is 0 Å². The Morgan fingerprint density at radius 3 is 2.28 bits per heavy atom. The van der Waals surface area contributed by atoms with E-state index in [0.717, 1.165) is 11.0 Å². The first-order valence-corrected chi connectivity index (χ1v) is 6.65. The molecule has 2 aliphatic rings. The first-order chi connectivity index (χ1) is 8.85. The zero-order chi connectivity index (χ0) is 12.7. The van der Waals surface area contributed by atoms with Crippen LogP contribution < -0.4 is 5.32 Å². The predicted molar refractivity (Wildman–Crippen MR) is 71.1 cm³/mol. The second-order valence-electron chi connectivity index (χ2n) is 5.14. The fraction of sp³-hybridized carbons (Fsp3) is 0.533. The lowest BCUT2D eigenvalue weighted by Crippen LogP contribution is -2.28. The van der Waals surface area contributed by atoms with E-state index in [9.17, 15) is 4.79 Å². The highest BCUT2D eigenvalue weighted by molar-refractivity contribution is 5.37. The topological polar surface area (TPSA) is 38.3 Å². The van der Waals surface area contributed by atoms with Crippen LogP contribution >= 0.6 is 0 Å². The van der Waals surface area contributed by atoms with Gasteiger partial charge in [0.1, 0.15) is 6.61 Å². The summed E-state index contributed by atoms with van der Waals surface area (Å²) in [5.41, 5.74) is 1.88. The van der Waals surface area contributed by atoms with Crippen molar-refractivity contribution in [3.8, 4) is 0 Å². The van der Waals surface area contributed by atoms with E-state index in [4.69, 9.17) is 0 Å². The van der Waals surface area contributed by atoms with Crippen molar-refractivity contribution in [2.24, 2.45) is 5.41 Å². The molecule has 1 heterocycles. The molecular formula is C15H21NO2. The summed E-state index contributed by atoms with van der Waals surface area (Å²) in [5, 5.41) is 3.38. The lowest BCUT2D eigenvalue weighted by atomic mass is 9.95. The van der Waals surface area contributed by atoms with Gasteiger partial charge in [0, 0.05) is 0 Å². The van der Waals surface area contributed by atoms with Crippen LogP contribution in [0.4, 0.5) is 0 Å². The molecule has 0 atom stereocenters. The Kier molecular flexibility index (Phi) is 4.76. The van der Waals surface area contributed by atoms with E-state index < -0.39 is 0 Å². The SMILES string of the molecule is C1CC2(CCN1)CC2.O=COCc1ccccc1. The number of carbonyl (C=O) groups is 1. The van der Waals surface area contributed by atoms with Crippen molar-refractivity contribution >= 4 is 6.47 Å². The van der Waals surface area contributed by atoms with Crippen molar-refractivity contribution in [3.05, 3.63) is 35.9 Å². The maximum atomic E-state index is 9.76. The van der Waals surface area contributed by atoms with Gasteiger partial charge in [0.05, 0.1) is 0 Å². The number of hydrogen-bond acceptors (Lipinski definition) is 3. The zero-order valence-corrected chi connectivity index (χ0v) is 10.7. The Morgan fingerprint density at radius 1 is 1.11 bits per heavy atom. The van der Waals surface area contributed by atoms with E-state index >= 15 is 0 Å². The smallest absolute Gasteiger partial charge is 0.293 e. The Bertz CT molecular complexity index is 352. The third kappa shape index (κ3) is 4.15. The van der Waals surface area contributed by atoms with Gasteiger partial charge in [-0.3, -0.25) is 4.79 Å². The summed E-state index contributed by atoms with van der Waals surface area (Å²) in [5.74, 6) is 0. The van der Waals surface area contributed by atoms with Gasteiger partial charge < -0.3 is 10.1 Å². The molecule has 3 rings (SSSR count). The van der Waals surface area contributed by atoms with Crippen LogP contribution in [0.25, 0.3) is 0 Å². The van der Waals surface area contributed by atoms with Crippen molar-refractivity contribution < 1.29 is 9.53 Å². The second kappa shape index (κ2) is 6.55. The second-order valence-corrected chi connectivity index (χ2v) is 5.14. The Balaban J connectivity index is 0.000000136. The minimum Gasteiger partial charge on any atom is -0.463 e. The van der Waals surface area contributed by atoms with E-state index in [1.54, 1.807) is 0 Å². The number of carbonyl (C=O) groups excluding carboxylic acids is 1. The summed E-state index contributed by atoms with van der Waals surface area (Å²) in [7, 11) is 0. The fourth-order valence-electron chi connectivity index (χ4n) is 2.34. The van der Waals surface area contributed by atoms with E-state index in [1.807, 2.05) is 30.3 Å². The molecule has 1 N–H and O–H groups in total. The molecule has 1 spiro atoms. The van der Waals surface area contributed by atoms with E-state index in [2.05, 4.69) is 10.1 Å². The van der Waals surface area contributed by atoms with Crippen molar-refractivity contribution in [3.63, 3.8) is 0 Å². The molecule has 1 aromatic carbocycles. The van der Waals surface area contributed by atoms with Crippen molar-refractivity contribution in [2.45, 2.75) is 32.3 Å². The fourth-order valence-corrected chi connectivity index (χ4v) is 2.34. The molecular weight excluding hydrogens is 226 g/mol. The van der Waals surface area contributed by atoms with Crippen LogP contribution in [0.1, 0.15) is 31.2 Å². The lowest BCUT2D eigenvalue weighted by molar-refractivity contribution is -0.129. The molecule has 18 heavy (non-hydrogen) atoms. The van der Waals surface area contributed by atoms with Gasteiger partial charge in [-0.15, -0.1) is 0 Å². The standard InChI is InChI=1S/C8H8O2.C7H13N/c9-7-10-6-8-4-2-1-3-5-8;1-2-7(1)3-5-8-6-4-7/h1-5,7H,6H2;8H,1-6H2. The van der Waals surface area contributed by atoms with Crippen LogP contribution in [-0.2, 0) is 16.1 Å². The lowest BCUT2D eigenvalue weighted by Gasteiger charge is -2.20.